The van der Waals surface area contributed by atoms with Crippen LogP contribution in [-0.2, 0) is 11.2 Å². The molecule has 0 radical (unpaired) electrons. The quantitative estimate of drug-likeness (QED) is 0.372. The molecular weight excluding hydrogens is 306 g/mol. The summed E-state index contributed by atoms with van der Waals surface area (Å²) in [5, 5.41) is 3.03. The smallest absolute Gasteiger partial charge is 0.220 e. The molecule has 0 aliphatic rings. The summed E-state index contributed by atoms with van der Waals surface area (Å²) in [6.07, 6.45) is 14.7. The number of carbonyl (C=O) groups is 1. The molecule has 1 N–H and O–H groups in total. The van der Waals surface area contributed by atoms with E-state index in [-0.39, 0.29) is 5.91 Å². The van der Waals surface area contributed by atoms with E-state index in [1.165, 1.54) is 63.4 Å². The molecule has 0 saturated heterocycles. The van der Waals surface area contributed by atoms with Gasteiger partial charge in [0.15, 0.2) is 0 Å². The van der Waals surface area contributed by atoms with Gasteiger partial charge in [-0.05, 0) is 24.3 Å². The molecule has 0 spiro atoms. The zero-order chi connectivity index (χ0) is 18.2. The normalized spacial score (nSPS) is 12.1. The van der Waals surface area contributed by atoms with Crippen molar-refractivity contribution in [1.29, 1.82) is 0 Å². The summed E-state index contributed by atoms with van der Waals surface area (Å²) in [7, 11) is 0. The lowest BCUT2D eigenvalue weighted by Gasteiger charge is -2.07. The molecule has 1 unspecified atom stereocenters. The van der Waals surface area contributed by atoms with E-state index in [0.717, 1.165) is 25.3 Å². The minimum atomic E-state index is 0.209. The van der Waals surface area contributed by atoms with Crippen molar-refractivity contribution in [3.8, 4) is 0 Å². The monoisotopic (exact) mass is 345 g/mol. The van der Waals surface area contributed by atoms with E-state index in [9.17, 15) is 4.79 Å². The molecule has 0 heterocycles. The van der Waals surface area contributed by atoms with Gasteiger partial charge < -0.3 is 5.32 Å². The summed E-state index contributed by atoms with van der Waals surface area (Å²) in [4.78, 5) is 11.8. The third-order valence-corrected chi connectivity index (χ3v) is 5.13. The Balaban J connectivity index is 1.83. The van der Waals surface area contributed by atoms with Crippen molar-refractivity contribution in [2.24, 2.45) is 5.92 Å². The summed E-state index contributed by atoms with van der Waals surface area (Å²) in [5.74, 6) is 1.11. The van der Waals surface area contributed by atoms with Crippen LogP contribution in [0.5, 0.6) is 0 Å². The average Bonchev–Trinajstić information content (AvgIpc) is 2.63. The van der Waals surface area contributed by atoms with Crippen LogP contribution in [0.1, 0.15) is 90.0 Å². The lowest BCUT2D eigenvalue weighted by Crippen LogP contribution is -2.25. The number of nitrogens with one attached hydrogen (secondary N) is 1. The van der Waals surface area contributed by atoms with Gasteiger partial charge in [-0.2, -0.15) is 0 Å². The zero-order valence-corrected chi connectivity index (χ0v) is 16.6. The summed E-state index contributed by atoms with van der Waals surface area (Å²) >= 11 is 0. The van der Waals surface area contributed by atoms with E-state index in [0.29, 0.717) is 6.42 Å². The van der Waals surface area contributed by atoms with Gasteiger partial charge in [-0.1, -0.05) is 102 Å². The zero-order valence-electron chi connectivity index (χ0n) is 16.6. The highest BCUT2D eigenvalue weighted by Gasteiger charge is 2.01. The van der Waals surface area contributed by atoms with Crippen molar-refractivity contribution >= 4 is 5.91 Å². The molecule has 1 aromatic carbocycles. The average molecular weight is 346 g/mol. The van der Waals surface area contributed by atoms with Gasteiger partial charge in [0.05, 0.1) is 0 Å². The van der Waals surface area contributed by atoms with Crippen LogP contribution in [0.2, 0.25) is 0 Å². The van der Waals surface area contributed by atoms with Crippen molar-refractivity contribution in [2.75, 3.05) is 6.54 Å². The second-order valence-electron chi connectivity index (χ2n) is 7.47. The fourth-order valence-electron chi connectivity index (χ4n) is 3.12. The van der Waals surface area contributed by atoms with Crippen LogP contribution in [0, 0.1) is 5.92 Å². The predicted molar refractivity (Wildman–Crippen MR) is 109 cm³/mol. The van der Waals surface area contributed by atoms with Crippen LogP contribution in [0.3, 0.4) is 0 Å². The van der Waals surface area contributed by atoms with Crippen molar-refractivity contribution < 1.29 is 4.79 Å². The topological polar surface area (TPSA) is 29.1 Å². The Labute approximate surface area is 155 Å². The molecule has 0 fully saturated rings. The van der Waals surface area contributed by atoms with Gasteiger partial charge in [0.25, 0.3) is 0 Å². The highest BCUT2D eigenvalue weighted by atomic mass is 16.1. The first-order chi connectivity index (χ1) is 12.2. The second-order valence-corrected chi connectivity index (χ2v) is 7.47. The van der Waals surface area contributed by atoms with Crippen LogP contribution in [0.15, 0.2) is 30.3 Å². The van der Waals surface area contributed by atoms with Gasteiger partial charge in [0, 0.05) is 13.0 Å². The van der Waals surface area contributed by atoms with E-state index in [2.05, 4.69) is 31.3 Å². The van der Waals surface area contributed by atoms with Crippen molar-refractivity contribution in [3.05, 3.63) is 35.9 Å². The van der Waals surface area contributed by atoms with Crippen molar-refractivity contribution in [1.82, 2.24) is 5.32 Å². The van der Waals surface area contributed by atoms with Crippen LogP contribution >= 0.6 is 0 Å². The first-order valence-electron chi connectivity index (χ1n) is 10.5. The maximum Gasteiger partial charge on any atom is 0.220 e. The molecule has 0 aliphatic heterocycles. The van der Waals surface area contributed by atoms with Crippen LogP contribution in [0.25, 0.3) is 0 Å². The summed E-state index contributed by atoms with van der Waals surface area (Å²) in [6, 6.07) is 10.3. The number of unbranched alkanes of at least 4 members (excludes halogenated alkanes) is 7. The number of hydrogen-bond donors (Lipinski definition) is 1. The fourth-order valence-corrected chi connectivity index (χ4v) is 3.12. The lowest BCUT2D eigenvalue weighted by atomic mass is 9.99. The molecule has 142 valence electrons. The Kier molecular flexibility index (Phi) is 13.0. The number of benzene rings is 1. The third-order valence-electron chi connectivity index (χ3n) is 5.13. The number of rotatable bonds is 15. The molecule has 0 bridgehead atoms. The predicted octanol–water partition coefficient (Wildman–Crippen LogP) is 6.29. The highest BCUT2D eigenvalue weighted by Crippen LogP contribution is 2.15. The van der Waals surface area contributed by atoms with E-state index >= 15 is 0 Å². The van der Waals surface area contributed by atoms with Gasteiger partial charge in [-0.25, -0.2) is 0 Å². The van der Waals surface area contributed by atoms with Gasteiger partial charge in [-0.15, -0.1) is 0 Å². The molecule has 1 aromatic rings. The first kappa shape index (κ1) is 21.7. The van der Waals surface area contributed by atoms with Gasteiger partial charge in [0.2, 0.25) is 5.91 Å². The number of carbonyl (C=O) groups excluding carboxylic acids is 1. The lowest BCUT2D eigenvalue weighted by molar-refractivity contribution is -0.121. The molecule has 1 atom stereocenters. The second kappa shape index (κ2) is 15.0. The van der Waals surface area contributed by atoms with Gasteiger partial charge in [-0.3, -0.25) is 4.79 Å². The molecule has 0 saturated carbocycles. The Morgan fingerprint density at radius 1 is 0.920 bits per heavy atom. The maximum atomic E-state index is 11.8. The molecular formula is C23H39NO. The van der Waals surface area contributed by atoms with Crippen LogP contribution < -0.4 is 5.32 Å². The molecule has 0 aromatic heterocycles. The molecule has 2 heteroatoms. The minimum Gasteiger partial charge on any atom is -0.356 e. The Bertz CT molecular complexity index is 429. The minimum absolute atomic E-state index is 0.209. The van der Waals surface area contributed by atoms with Gasteiger partial charge >= 0.3 is 0 Å². The number of hydrogen-bond acceptors (Lipinski definition) is 1. The number of amides is 1. The molecule has 0 aliphatic carbocycles. The maximum absolute atomic E-state index is 11.8. The van der Waals surface area contributed by atoms with Crippen molar-refractivity contribution in [3.63, 3.8) is 0 Å². The van der Waals surface area contributed by atoms with Crippen LogP contribution in [-0.4, -0.2) is 12.5 Å². The summed E-state index contributed by atoms with van der Waals surface area (Å²) < 4.78 is 0. The third kappa shape index (κ3) is 12.7. The molecule has 2 nitrogen and oxygen atoms in total. The van der Waals surface area contributed by atoms with E-state index in [1.807, 2.05) is 18.2 Å². The highest BCUT2D eigenvalue weighted by molar-refractivity contribution is 5.75. The van der Waals surface area contributed by atoms with Crippen LogP contribution in [0.4, 0.5) is 0 Å². The molecule has 25 heavy (non-hydrogen) atoms. The molecule has 1 amide bonds. The van der Waals surface area contributed by atoms with E-state index in [1.54, 1.807) is 0 Å². The fraction of sp³-hybridized carbons (Fsp3) is 0.696. The SMILES string of the molecule is CCC(C)CCCCCCCCCCC(=O)NCCc1ccccc1. The van der Waals surface area contributed by atoms with E-state index < -0.39 is 0 Å². The molecule has 1 rings (SSSR count). The van der Waals surface area contributed by atoms with E-state index in [4.69, 9.17) is 0 Å². The Hall–Kier alpha value is -1.31. The Morgan fingerprint density at radius 3 is 2.16 bits per heavy atom. The van der Waals surface area contributed by atoms with Gasteiger partial charge in [0.1, 0.15) is 0 Å². The largest absolute Gasteiger partial charge is 0.356 e. The Morgan fingerprint density at radius 2 is 1.52 bits per heavy atom. The summed E-state index contributed by atoms with van der Waals surface area (Å²) in [6.45, 7) is 5.39. The first-order valence-corrected chi connectivity index (χ1v) is 10.5. The van der Waals surface area contributed by atoms with Crippen molar-refractivity contribution in [2.45, 2.75) is 90.9 Å². The summed E-state index contributed by atoms with van der Waals surface area (Å²) in [5.41, 5.74) is 1.28. The standard InChI is InChI=1S/C23H39NO/c1-3-21(2)15-11-8-6-4-5-7-9-14-18-23(25)24-20-19-22-16-12-10-13-17-22/h10,12-13,16-17,21H,3-9,11,14-15,18-20H2,1-2H3,(H,24,25).